The largest absolute Gasteiger partial charge is 0.396 e. The molecule has 0 amide bonds. The fraction of sp³-hybridized carbons (Fsp3) is 0.600. The molecule has 0 aliphatic heterocycles. The Kier molecular flexibility index (Phi) is 4.98. The summed E-state index contributed by atoms with van der Waals surface area (Å²) in [7, 11) is 0. The normalized spacial score (nSPS) is 12.5. The molecule has 1 aromatic heterocycles. The molecule has 1 aromatic rings. The van der Waals surface area contributed by atoms with Crippen molar-refractivity contribution in [3.8, 4) is 0 Å². The van der Waals surface area contributed by atoms with Crippen LogP contribution in [0.15, 0.2) is 10.7 Å². The number of anilines is 1. The minimum Gasteiger partial charge on any atom is -0.396 e. The van der Waals surface area contributed by atoms with Gasteiger partial charge >= 0.3 is 0 Å². The number of aromatic nitrogens is 2. The zero-order valence-electron chi connectivity index (χ0n) is 9.00. The second-order valence-corrected chi connectivity index (χ2v) is 4.22. The maximum Gasteiger partial charge on any atom is 0.131 e. The molecule has 84 valence electrons. The number of aliphatic hydroxyl groups excluding tert-OH is 1. The number of rotatable bonds is 5. The van der Waals surface area contributed by atoms with Crippen LogP contribution in [0.4, 0.5) is 5.82 Å². The average molecular weight is 274 g/mol. The first-order valence-corrected chi connectivity index (χ1v) is 5.85. The summed E-state index contributed by atoms with van der Waals surface area (Å²) in [5.41, 5.74) is 0. The maximum atomic E-state index is 8.79. The van der Waals surface area contributed by atoms with Crippen LogP contribution >= 0.6 is 15.9 Å². The predicted octanol–water partition coefficient (Wildman–Crippen LogP) is 1.98. The maximum absolute atomic E-state index is 8.79. The van der Waals surface area contributed by atoms with Crippen LogP contribution in [0.1, 0.15) is 26.1 Å². The lowest BCUT2D eigenvalue weighted by molar-refractivity contribution is 0.282. The van der Waals surface area contributed by atoms with Gasteiger partial charge in [0.15, 0.2) is 0 Å². The van der Waals surface area contributed by atoms with Gasteiger partial charge in [-0.3, -0.25) is 0 Å². The number of aryl methyl sites for hydroxylation is 1. The van der Waals surface area contributed by atoms with Gasteiger partial charge in [-0.1, -0.05) is 6.92 Å². The molecular weight excluding hydrogens is 258 g/mol. The Morgan fingerprint density at radius 3 is 2.87 bits per heavy atom. The summed E-state index contributed by atoms with van der Waals surface area (Å²) in [5.74, 6) is 1.61. The van der Waals surface area contributed by atoms with Crippen LogP contribution < -0.4 is 5.32 Å². The average Bonchev–Trinajstić information content (AvgIpc) is 2.17. The number of nitrogens with zero attached hydrogens (tertiary/aromatic N) is 2. The first-order chi connectivity index (χ1) is 7.15. The second kappa shape index (κ2) is 6.02. The molecule has 5 heteroatoms. The van der Waals surface area contributed by atoms with Gasteiger partial charge < -0.3 is 10.4 Å². The Labute approximate surface area is 98.3 Å². The van der Waals surface area contributed by atoms with Crippen molar-refractivity contribution in [3.63, 3.8) is 0 Å². The van der Waals surface area contributed by atoms with E-state index in [9.17, 15) is 0 Å². The van der Waals surface area contributed by atoms with Gasteiger partial charge in [0.25, 0.3) is 0 Å². The van der Waals surface area contributed by atoms with Crippen molar-refractivity contribution in [2.24, 2.45) is 0 Å². The molecule has 0 saturated carbocycles. The van der Waals surface area contributed by atoms with Gasteiger partial charge in [-0.15, -0.1) is 0 Å². The molecule has 0 aliphatic carbocycles. The van der Waals surface area contributed by atoms with E-state index >= 15 is 0 Å². The molecule has 4 nitrogen and oxygen atoms in total. The number of halogens is 1. The molecule has 0 bridgehead atoms. The summed E-state index contributed by atoms with van der Waals surface area (Å²) < 4.78 is 0.785. The summed E-state index contributed by atoms with van der Waals surface area (Å²) in [6.07, 6.45) is 1.52. The first kappa shape index (κ1) is 12.4. The van der Waals surface area contributed by atoms with Crippen LogP contribution in [0.2, 0.25) is 0 Å². The Morgan fingerprint density at radius 1 is 1.53 bits per heavy atom. The highest BCUT2D eigenvalue weighted by atomic mass is 79.9. The standard InChI is InChI=1S/C10H16BrN3O/c1-3-9-13-8(11)6-10(14-9)12-7(2)4-5-15/h6-7,15H,3-5H2,1-2H3,(H,12,13,14). The third-order valence-corrected chi connectivity index (χ3v) is 2.42. The van der Waals surface area contributed by atoms with Crippen molar-refractivity contribution in [1.29, 1.82) is 0 Å². The molecule has 1 unspecified atom stereocenters. The van der Waals surface area contributed by atoms with Gasteiger partial charge in [0.1, 0.15) is 16.2 Å². The van der Waals surface area contributed by atoms with Crippen molar-refractivity contribution < 1.29 is 5.11 Å². The lowest BCUT2D eigenvalue weighted by Gasteiger charge is -2.13. The topological polar surface area (TPSA) is 58.0 Å². The molecule has 1 rings (SSSR count). The summed E-state index contributed by atoms with van der Waals surface area (Å²) >= 11 is 3.34. The molecule has 0 fully saturated rings. The third-order valence-electron chi connectivity index (χ3n) is 2.01. The SMILES string of the molecule is CCc1nc(Br)cc(NC(C)CCO)n1. The molecule has 0 spiro atoms. The van der Waals surface area contributed by atoms with E-state index in [1.807, 2.05) is 19.9 Å². The lowest BCUT2D eigenvalue weighted by Crippen LogP contribution is -2.18. The summed E-state index contributed by atoms with van der Waals surface area (Å²) in [4.78, 5) is 8.56. The number of aliphatic hydroxyl groups is 1. The van der Waals surface area contributed by atoms with E-state index in [1.54, 1.807) is 0 Å². The monoisotopic (exact) mass is 273 g/mol. The van der Waals surface area contributed by atoms with Crippen LogP contribution in [0.5, 0.6) is 0 Å². The molecule has 2 N–H and O–H groups in total. The summed E-state index contributed by atoms with van der Waals surface area (Å²) in [6.45, 7) is 4.21. The first-order valence-electron chi connectivity index (χ1n) is 5.06. The zero-order valence-corrected chi connectivity index (χ0v) is 10.6. The van der Waals surface area contributed by atoms with Gasteiger partial charge in [0, 0.05) is 25.1 Å². The molecule has 15 heavy (non-hydrogen) atoms. The minimum atomic E-state index is 0.182. The highest BCUT2D eigenvalue weighted by Crippen LogP contribution is 2.14. The Morgan fingerprint density at radius 2 is 2.27 bits per heavy atom. The third kappa shape index (κ3) is 4.13. The fourth-order valence-corrected chi connectivity index (χ4v) is 1.64. The smallest absolute Gasteiger partial charge is 0.131 e. The molecule has 1 heterocycles. The number of nitrogens with one attached hydrogen (secondary N) is 1. The molecule has 0 radical (unpaired) electrons. The van der Waals surface area contributed by atoms with Crippen molar-refractivity contribution in [2.45, 2.75) is 32.7 Å². The molecule has 1 atom stereocenters. The van der Waals surface area contributed by atoms with Crippen molar-refractivity contribution in [1.82, 2.24) is 9.97 Å². The van der Waals surface area contributed by atoms with Gasteiger partial charge in [-0.25, -0.2) is 9.97 Å². The quantitative estimate of drug-likeness (QED) is 0.806. The van der Waals surface area contributed by atoms with Crippen LogP contribution in [0, 0.1) is 0 Å². The van der Waals surface area contributed by atoms with Crippen LogP contribution in [-0.2, 0) is 6.42 Å². The second-order valence-electron chi connectivity index (χ2n) is 3.40. The molecular formula is C10H16BrN3O. The Bertz CT molecular complexity index is 320. The summed E-state index contributed by atoms with van der Waals surface area (Å²) in [6, 6.07) is 2.05. The van der Waals surface area contributed by atoms with Gasteiger partial charge in [-0.05, 0) is 29.3 Å². The van der Waals surface area contributed by atoms with Crippen molar-refractivity contribution >= 4 is 21.7 Å². The van der Waals surface area contributed by atoms with E-state index < -0.39 is 0 Å². The van der Waals surface area contributed by atoms with E-state index in [0.717, 1.165) is 22.7 Å². The summed E-state index contributed by atoms with van der Waals surface area (Å²) in [5, 5.41) is 12.0. The van der Waals surface area contributed by atoms with Crippen molar-refractivity contribution in [3.05, 3.63) is 16.5 Å². The predicted molar refractivity (Wildman–Crippen MR) is 63.9 cm³/mol. The highest BCUT2D eigenvalue weighted by molar-refractivity contribution is 9.10. The van der Waals surface area contributed by atoms with Crippen LogP contribution in [0.3, 0.4) is 0 Å². The molecule has 0 aliphatic rings. The van der Waals surface area contributed by atoms with Gasteiger partial charge in [-0.2, -0.15) is 0 Å². The Hall–Kier alpha value is -0.680. The minimum absolute atomic E-state index is 0.182. The number of hydrogen-bond acceptors (Lipinski definition) is 4. The number of hydrogen-bond donors (Lipinski definition) is 2. The Balaban J connectivity index is 2.71. The molecule has 0 aromatic carbocycles. The zero-order chi connectivity index (χ0) is 11.3. The fourth-order valence-electron chi connectivity index (χ4n) is 1.22. The van der Waals surface area contributed by atoms with Crippen molar-refractivity contribution in [2.75, 3.05) is 11.9 Å². The van der Waals surface area contributed by atoms with E-state index in [1.165, 1.54) is 0 Å². The van der Waals surface area contributed by atoms with Gasteiger partial charge in [0.2, 0.25) is 0 Å². The van der Waals surface area contributed by atoms with E-state index in [0.29, 0.717) is 6.42 Å². The van der Waals surface area contributed by atoms with Gasteiger partial charge in [0.05, 0.1) is 0 Å². The lowest BCUT2D eigenvalue weighted by atomic mass is 10.2. The van der Waals surface area contributed by atoms with Crippen LogP contribution in [0.25, 0.3) is 0 Å². The van der Waals surface area contributed by atoms with E-state index in [4.69, 9.17) is 5.11 Å². The van der Waals surface area contributed by atoms with E-state index in [2.05, 4.69) is 31.2 Å². The van der Waals surface area contributed by atoms with Crippen LogP contribution in [-0.4, -0.2) is 27.7 Å². The van der Waals surface area contributed by atoms with E-state index in [-0.39, 0.29) is 12.6 Å². The molecule has 0 saturated heterocycles. The highest BCUT2D eigenvalue weighted by Gasteiger charge is 2.05.